The molecule has 1 N–H and O–H groups in total. The van der Waals surface area contributed by atoms with Gasteiger partial charge in [0, 0.05) is 16.7 Å². The Kier molecular flexibility index (Phi) is 4.76. The Balaban J connectivity index is 2.02. The first-order valence-electron chi connectivity index (χ1n) is 7.74. The Morgan fingerprint density at radius 1 is 0.696 bits per heavy atom. The average Bonchev–Trinajstić information content (AvgIpc) is 2.64. The van der Waals surface area contributed by atoms with E-state index in [0.29, 0.717) is 0 Å². The zero-order valence-electron chi connectivity index (χ0n) is 13.1. The lowest BCUT2D eigenvalue weighted by molar-refractivity contribution is 0.568. The standard InChI is InChI=1S/C20H20NOP/c1-17(18-11-5-2-6-12-18)21-23(22,19-13-7-3-8-14-19)20-15-9-4-10-16-20/h2-17H,1H3,(H,21,22)/t17-/m0/s1. The van der Waals surface area contributed by atoms with Crippen LogP contribution in [-0.2, 0) is 4.57 Å². The first-order valence-corrected chi connectivity index (χ1v) is 9.45. The highest BCUT2D eigenvalue weighted by atomic mass is 31.2. The van der Waals surface area contributed by atoms with E-state index < -0.39 is 7.29 Å². The van der Waals surface area contributed by atoms with Crippen LogP contribution in [0.15, 0.2) is 91.0 Å². The molecule has 0 bridgehead atoms. The van der Waals surface area contributed by atoms with Gasteiger partial charge in [0.05, 0.1) is 0 Å². The Morgan fingerprint density at radius 2 is 1.09 bits per heavy atom. The maximum atomic E-state index is 13.9. The van der Waals surface area contributed by atoms with Crippen LogP contribution in [0.3, 0.4) is 0 Å². The predicted octanol–water partition coefficient (Wildman–Crippen LogP) is 4.27. The second-order valence-corrected chi connectivity index (χ2v) is 8.05. The molecular formula is C20H20NOP. The molecule has 0 spiro atoms. The molecule has 0 saturated heterocycles. The normalized spacial score (nSPS) is 12.7. The molecule has 3 aromatic rings. The van der Waals surface area contributed by atoms with Gasteiger partial charge in [-0.25, -0.2) is 0 Å². The summed E-state index contributed by atoms with van der Waals surface area (Å²) in [7, 11) is -2.90. The Hall–Kier alpha value is -2.15. The van der Waals surface area contributed by atoms with Crippen molar-refractivity contribution in [3.05, 3.63) is 96.6 Å². The molecule has 0 aliphatic carbocycles. The van der Waals surface area contributed by atoms with Gasteiger partial charge in [-0.2, -0.15) is 0 Å². The molecule has 0 radical (unpaired) electrons. The van der Waals surface area contributed by atoms with Crippen molar-refractivity contribution in [3.8, 4) is 0 Å². The maximum absolute atomic E-state index is 13.9. The summed E-state index contributed by atoms with van der Waals surface area (Å²) in [5, 5.41) is 5.05. The SMILES string of the molecule is C[C@H](NP(=O)(c1ccccc1)c1ccccc1)c1ccccc1. The van der Waals surface area contributed by atoms with Gasteiger partial charge < -0.3 is 0 Å². The van der Waals surface area contributed by atoms with E-state index in [-0.39, 0.29) is 6.04 Å². The topological polar surface area (TPSA) is 29.1 Å². The molecule has 2 nitrogen and oxygen atoms in total. The summed E-state index contributed by atoms with van der Waals surface area (Å²) in [5.41, 5.74) is 1.12. The number of nitrogens with one attached hydrogen (secondary N) is 1. The van der Waals surface area contributed by atoms with Gasteiger partial charge in [-0.15, -0.1) is 0 Å². The minimum Gasteiger partial charge on any atom is -0.297 e. The van der Waals surface area contributed by atoms with Crippen LogP contribution in [0.5, 0.6) is 0 Å². The molecule has 1 atom stereocenters. The first-order chi connectivity index (χ1) is 11.2. The summed E-state index contributed by atoms with van der Waals surface area (Å²) < 4.78 is 13.9. The van der Waals surface area contributed by atoms with E-state index in [1.165, 1.54) is 0 Å². The molecule has 0 aliphatic rings. The van der Waals surface area contributed by atoms with Crippen molar-refractivity contribution in [1.29, 1.82) is 0 Å². The van der Waals surface area contributed by atoms with E-state index in [1.807, 2.05) is 85.8 Å². The lowest BCUT2D eigenvalue weighted by atomic mass is 10.1. The molecule has 0 saturated carbocycles. The van der Waals surface area contributed by atoms with Gasteiger partial charge in [0.15, 0.2) is 0 Å². The highest BCUT2D eigenvalue weighted by molar-refractivity contribution is 7.76. The van der Waals surface area contributed by atoms with Gasteiger partial charge >= 0.3 is 0 Å². The van der Waals surface area contributed by atoms with E-state index in [1.54, 1.807) is 0 Å². The molecule has 3 rings (SSSR count). The lowest BCUT2D eigenvalue weighted by Gasteiger charge is -2.25. The Labute approximate surface area is 137 Å². The van der Waals surface area contributed by atoms with Crippen LogP contribution in [-0.4, -0.2) is 0 Å². The van der Waals surface area contributed by atoms with E-state index in [0.717, 1.165) is 16.2 Å². The van der Waals surface area contributed by atoms with Crippen molar-refractivity contribution in [2.24, 2.45) is 0 Å². The van der Waals surface area contributed by atoms with E-state index in [9.17, 15) is 4.57 Å². The summed E-state index contributed by atoms with van der Waals surface area (Å²) in [5.74, 6) is 0. The third kappa shape index (κ3) is 3.44. The average molecular weight is 321 g/mol. The van der Waals surface area contributed by atoms with Crippen LogP contribution < -0.4 is 15.7 Å². The van der Waals surface area contributed by atoms with Crippen molar-refractivity contribution in [3.63, 3.8) is 0 Å². The van der Waals surface area contributed by atoms with Crippen LogP contribution in [0.2, 0.25) is 0 Å². The predicted molar refractivity (Wildman–Crippen MR) is 97.8 cm³/mol. The maximum Gasteiger partial charge on any atom is 0.205 e. The molecule has 3 heteroatoms. The molecule has 0 aliphatic heterocycles. The number of benzene rings is 3. The van der Waals surface area contributed by atoms with E-state index >= 15 is 0 Å². The van der Waals surface area contributed by atoms with Crippen molar-refractivity contribution in [1.82, 2.24) is 5.09 Å². The smallest absolute Gasteiger partial charge is 0.205 e. The molecule has 0 aromatic heterocycles. The molecule has 0 fully saturated rings. The van der Waals surface area contributed by atoms with Crippen LogP contribution in [0.25, 0.3) is 0 Å². The lowest BCUT2D eigenvalue weighted by Crippen LogP contribution is -2.29. The van der Waals surface area contributed by atoms with Crippen molar-refractivity contribution < 1.29 is 4.57 Å². The molecule has 0 unspecified atom stereocenters. The quantitative estimate of drug-likeness (QED) is 0.711. The van der Waals surface area contributed by atoms with Crippen molar-refractivity contribution >= 4 is 17.9 Å². The van der Waals surface area contributed by atoms with Gasteiger partial charge in [0.1, 0.15) is 0 Å². The van der Waals surface area contributed by atoms with Gasteiger partial charge in [-0.1, -0.05) is 66.7 Å². The summed E-state index contributed by atoms with van der Waals surface area (Å²) in [6, 6.07) is 29.4. The van der Waals surface area contributed by atoms with Crippen molar-refractivity contribution in [2.75, 3.05) is 0 Å². The highest BCUT2D eigenvalue weighted by Gasteiger charge is 2.28. The fraction of sp³-hybridized carbons (Fsp3) is 0.100. The molecule has 0 heterocycles. The van der Waals surface area contributed by atoms with Crippen LogP contribution in [0, 0.1) is 0 Å². The van der Waals surface area contributed by atoms with Gasteiger partial charge in [0.25, 0.3) is 0 Å². The summed E-state index contributed by atoms with van der Waals surface area (Å²) >= 11 is 0. The fourth-order valence-electron chi connectivity index (χ4n) is 2.66. The summed E-state index contributed by atoms with van der Waals surface area (Å²) in [6.45, 7) is 2.05. The zero-order chi connectivity index (χ0) is 16.1. The van der Waals surface area contributed by atoms with Gasteiger partial charge in [-0.3, -0.25) is 9.65 Å². The van der Waals surface area contributed by atoms with Crippen molar-refractivity contribution in [2.45, 2.75) is 13.0 Å². The molecule has 3 aromatic carbocycles. The van der Waals surface area contributed by atoms with Crippen LogP contribution in [0.4, 0.5) is 0 Å². The summed E-state index contributed by atoms with van der Waals surface area (Å²) in [6.07, 6.45) is 0. The first kappa shape index (κ1) is 15.7. The van der Waals surface area contributed by atoms with Crippen LogP contribution >= 0.6 is 7.29 Å². The Morgan fingerprint density at radius 3 is 1.52 bits per heavy atom. The second kappa shape index (κ2) is 6.95. The Bertz CT molecular complexity index is 744. The third-order valence-corrected chi connectivity index (χ3v) is 6.72. The molecule has 23 heavy (non-hydrogen) atoms. The molecule has 116 valence electrons. The fourth-order valence-corrected chi connectivity index (χ4v) is 5.14. The van der Waals surface area contributed by atoms with E-state index in [2.05, 4.69) is 17.2 Å². The largest absolute Gasteiger partial charge is 0.297 e. The van der Waals surface area contributed by atoms with Crippen LogP contribution in [0.1, 0.15) is 18.5 Å². The minimum absolute atomic E-state index is 0.0116. The minimum atomic E-state index is -2.90. The van der Waals surface area contributed by atoms with Gasteiger partial charge in [0.2, 0.25) is 7.29 Å². The number of hydrogen-bond donors (Lipinski definition) is 1. The molecular weight excluding hydrogens is 301 g/mol. The molecule has 0 amide bonds. The monoisotopic (exact) mass is 321 g/mol. The second-order valence-electron chi connectivity index (χ2n) is 5.54. The highest BCUT2D eigenvalue weighted by Crippen LogP contribution is 2.41. The van der Waals surface area contributed by atoms with Gasteiger partial charge in [-0.05, 0) is 36.8 Å². The number of hydrogen-bond acceptors (Lipinski definition) is 1. The number of rotatable bonds is 5. The van der Waals surface area contributed by atoms with E-state index in [4.69, 9.17) is 0 Å². The third-order valence-electron chi connectivity index (χ3n) is 3.91. The summed E-state index contributed by atoms with van der Waals surface area (Å²) in [4.78, 5) is 0. The zero-order valence-corrected chi connectivity index (χ0v) is 14.0.